The molecule has 0 spiro atoms. The maximum absolute atomic E-state index is 12.8. The Morgan fingerprint density at radius 3 is 2.28 bits per heavy atom. The number of aryl methyl sites for hydroxylation is 2. The van der Waals surface area contributed by atoms with Gasteiger partial charge in [0, 0.05) is 20.1 Å². The Labute approximate surface area is 231 Å². The number of fused-ring (bicyclic) bond motifs is 1. The van der Waals surface area contributed by atoms with Crippen LogP contribution in [0.4, 0.5) is 4.39 Å². The van der Waals surface area contributed by atoms with E-state index in [-0.39, 0.29) is 42.7 Å². The van der Waals surface area contributed by atoms with Crippen LogP contribution in [0, 0.1) is 18.7 Å². The van der Waals surface area contributed by atoms with Gasteiger partial charge < -0.3 is 25.6 Å². The van der Waals surface area contributed by atoms with Crippen molar-refractivity contribution in [3.8, 4) is 5.75 Å². The van der Waals surface area contributed by atoms with Gasteiger partial charge in [-0.1, -0.05) is 49.7 Å². The molecule has 2 aromatic rings. The molecule has 4 rings (SSSR count). The summed E-state index contributed by atoms with van der Waals surface area (Å²) >= 11 is 0. The summed E-state index contributed by atoms with van der Waals surface area (Å²) in [6.07, 6.45) is 3.57. The van der Waals surface area contributed by atoms with Crippen LogP contribution in [-0.2, 0) is 20.8 Å². The van der Waals surface area contributed by atoms with Gasteiger partial charge in [0.15, 0.2) is 0 Å². The Morgan fingerprint density at radius 2 is 1.62 bits per heavy atom. The second-order valence-corrected chi connectivity index (χ2v) is 9.45. The van der Waals surface area contributed by atoms with Crippen molar-refractivity contribution in [1.82, 2.24) is 20.9 Å². The van der Waals surface area contributed by atoms with Gasteiger partial charge >= 0.3 is 0 Å². The molecule has 0 bridgehead atoms. The normalized spacial score (nSPS) is 19.3. The number of amides is 3. The van der Waals surface area contributed by atoms with Gasteiger partial charge in [-0.25, -0.2) is 4.39 Å². The Kier molecular flexibility index (Phi) is 14.0. The van der Waals surface area contributed by atoms with E-state index in [0.717, 1.165) is 42.6 Å². The van der Waals surface area contributed by atoms with Gasteiger partial charge in [0.25, 0.3) is 0 Å². The maximum atomic E-state index is 12.8. The molecule has 0 radical (unpaired) electrons. The van der Waals surface area contributed by atoms with E-state index in [1.807, 2.05) is 45.0 Å². The molecule has 3 N–H and O–H groups in total. The van der Waals surface area contributed by atoms with Gasteiger partial charge in [-0.15, -0.1) is 0 Å². The number of likely N-dealkylation sites (N-methyl/N-ethyl adjacent to an activating group) is 1. The van der Waals surface area contributed by atoms with Crippen LogP contribution in [0.5, 0.6) is 5.75 Å². The van der Waals surface area contributed by atoms with Crippen LogP contribution in [0.15, 0.2) is 48.5 Å². The van der Waals surface area contributed by atoms with E-state index < -0.39 is 0 Å². The number of rotatable bonds is 1. The molecule has 1 saturated carbocycles. The highest BCUT2D eigenvalue weighted by Crippen LogP contribution is 2.33. The lowest BCUT2D eigenvalue weighted by molar-refractivity contribution is -0.137. The molecule has 9 heteroatoms. The smallest absolute Gasteiger partial charge is 0.240 e. The largest absolute Gasteiger partial charge is 0.492 e. The van der Waals surface area contributed by atoms with Crippen molar-refractivity contribution < 1.29 is 23.5 Å². The summed E-state index contributed by atoms with van der Waals surface area (Å²) in [6, 6.07) is 14.0. The molecule has 1 atom stereocenters. The summed E-state index contributed by atoms with van der Waals surface area (Å²) < 4.78 is 18.0. The predicted molar refractivity (Wildman–Crippen MR) is 151 cm³/mol. The van der Waals surface area contributed by atoms with Gasteiger partial charge in [-0.2, -0.15) is 0 Å². The fourth-order valence-electron chi connectivity index (χ4n) is 3.98. The number of nitrogens with zero attached hydrogens (tertiary/aromatic N) is 1. The van der Waals surface area contributed by atoms with Gasteiger partial charge in [0.05, 0.1) is 19.1 Å². The van der Waals surface area contributed by atoms with E-state index in [4.69, 9.17) is 4.74 Å². The van der Waals surface area contributed by atoms with Crippen molar-refractivity contribution in [3.05, 3.63) is 65.5 Å². The fourth-order valence-corrected chi connectivity index (χ4v) is 3.98. The van der Waals surface area contributed by atoms with Crippen molar-refractivity contribution in [1.29, 1.82) is 0 Å². The van der Waals surface area contributed by atoms with E-state index in [1.54, 1.807) is 19.2 Å². The Morgan fingerprint density at radius 1 is 0.923 bits per heavy atom. The topological polar surface area (TPSA) is 99.8 Å². The minimum Gasteiger partial charge on any atom is -0.492 e. The monoisotopic (exact) mass is 542 g/mol. The average molecular weight is 543 g/mol. The standard InChI is InChI=1S/C21H30N4O4.C7H7F.C2H6/c1-25-14-19(27)24-13-18(26)22-10-4-6-15-5-2-3-7-17(15)29-12-11-23-20(21(25)28)16-8-9-16;1-6-2-4-7(8)5-3-6;1-2/h2-3,5,7,16,20,23H,4,6,8-14H2,1H3,(H,22,26)(H,24,27);2-5H,1H3;1-2H3. The Hall–Kier alpha value is -3.46. The molecule has 2 aliphatic rings. The number of hydrogen-bond donors (Lipinski definition) is 3. The minimum absolute atomic E-state index is 0.0686. The van der Waals surface area contributed by atoms with E-state index in [9.17, 15) is 18.8 Å². The molecule has 214 valence electrons. The van der Waals surface area contributed by atoms with Crippen molar-refractivity contribution in [3.63, 3.8) is 0 Å². The van der Waals surface area contributed by atoms with Crippen LogP contribution in [-0.4, -0.2) is 68.5 Å². The van der Waals surface area contributed by atoms with Crippen molar-refractivity contribution in [2.75, 3.05) is 39.8 Å². The highest BCUT2D eigenvalue weighted by molar-refractivity contribution is 5.89. The lowest BCUT2D eigenvalue weighted by atomic mass is 10.1. The number of halogens is 1. The molecule has 1 fully saturated rings. The zero-order valence-electron chi connectivity index (χ0n) is 23.6. The number of nitrogens with one attached hydrogen (secondary N) is 3. The van der Waals surface area contributed by atoms with E-state index >= 15 is 0 Å². The summed E-state index contributed by atoms with van der Waals surface area (Å²) in [4.78, 5) is 38.2. The first-order valence-corrected chi connectivity index (χ1v) is 13.8. The highest BCUT2D eigenvalue weighted by atomic mass is 19.1. The molecule has 8 nitrogen and oxygen atoms in total. The summed E-state index contributed by atoms with van der Waals surface area (Å²) in [7, 11) is 1.62. The van der Waals surface area contributed by atoms with E-state index in [2.05, 4.69) is 16.0 Å². The molecule has 3 amide bonds. The number of carbonyl (C=O) groups excluding carboxylic acids is 3. The zero-order chi connectivity index (χ0) is 28.6. The second kappa shape index (κ2) is 17.2. The molecular weight excluding hydrogens is 499 g/mol. The van der Waals surface area contributed by atoms with Crippen molar-refractivity contribution in [2.45, 2.75) is 52.5 Å². The number of hydrogen-bond acceptors (Lipinski definition) is 5. The van der Waals surface area contributed by atoms with Gasteiger partial charge in [-0.3, -0.25) is 14.4 Å². The van der Waals surface area contributed by atoms with Crippen LogP contribution in [0.2, 0.25) is 0 Å². The van der Waals surface area contributed by atoms with Gasteiger partial charge in [-0.05, 0) is 62.3 Å². The lowest BCUT2D eigenvalue weighted by Crippen LogP contribution is -2.50. The molecule has 39 heavy (non-hydrogen) atoms. The molecule has 1 aliphatic heterocycles. The van der Waals surface area contributed by atoms with E-state index in [1.165, 1.54) is 17.0 Å². The van der Waals surface area contributed by atoms with Crippen molar-refractivity contribution >= 4 is 17.7 Å². The summed E-state index contributed by atoms with van der Waals surface area (Å²) in [5, 5.41) is 8.69. The lowest BCUT2D eigenvalue weighted by Gasteiger charge is -2.24. The Bertz CT molecular complexity index is 1020. The molecule has 1 aliphatic carbocycles. The number of benzene rings is 2. The van der Waals surface area contributed by atoms with Crippen LogP contribution in [0.25, 0.3) is 0 Å². The minimum atomic E-state index is -0.344. The van der Waals surface area contributed by atoms with Gasteiger partial charge in [0.1, 0.15) is 18.2 Å². The number of ether oxygens (including phenoxy) is 1. The highest BCUT2D eigenvalue weighted by Gasteiger charge is 2.37. The number of para-hydroxylation sites is 1. The second-order valence-electron chi connectivity index (χ2n) is 9.45. The first-order valence-electron chi connectivity index (χ1n) is 13.8. The van der Waals surface area contributed by atoms with E-state index in [0.29, 0.717) is 25.6 Å². The van der Waals surface area contributed by atoms with Crippen molar-refractivity contribution in [2.24, 2.45) is 5.92 Å². The third-order valence-corrected chi connectivity index (χ3v) is 6.22. The SMILES string of the molecule is CC.CN1CC(=O)NCC(=O)NCCCc2ccccc2OCCNC(C2CC2)C1=O.Cc1ccc(F)cc1. The molecule has 1 unspecified atom stereocenters. The third kappa shape index (κ3) is 11.9. The van der Waals surface area contributed by atoms with Crippen LogP contribution in [0.1, 0.15) is 44.2 Å². The maximum Gasteiger partial charge on any atom is 0.240 e. The van der Waals surface area contributed by atoms with Crippen LogP contribution < -0.4 is 20.7 Å². The molecular formula is C30H43FN4O4. The zero-order valence-corrected chi connectivity index (χ0v) is 23.6. The first kappa shape index (κ1) is 31.8. The summed E-state index contributed by atoms with van der Waals surface area (Å²) in [6.45, 7) is 7.29. The number of carbonyl (C=O) groups is 3. The third-order valence-electron chi connectivity index (χ3n) is 6.22. The Balaban J connectivity index is 0.000000451. The van der Waals surface area contributed by atoms with Crippen LogP contribution >= 0.6 is 0 Å². The van der Waals surface area contributed by atoms with Crippen LogP contribution in [0.3, 0.4) is 0 Å². The quantitative estimate of drug-likeness (QED) is 0.514. The molecule has 1 heterocycles. The van der Waals surface area contributed by atoms with Gasteiger partial charge in [0.2, 0.25) is 17.7 Å². The predicted octanol–water partition coefficient (Wildman–Crippen LogP) is 3.23. The fraction of sp³-hybridized carbons (Fsp3) is 0.500. The molecule has 2 aromatic carbocycles. The summed E-state index contributed by atoms with van der Waals surface area (Å²) in [5.74, 6) is 0.278. The summed E-state index contributed by atoms with van der Waals surface area (Å²) in [5.41, 5.74) is 2.18. The molecule has 0 aromatic heterocycles. The average Bonchev–Trinajstić information content (AvgIpc) is 3.78. The molecule has 0 saturated heterocycles. The first-order chi connectivity index (χ1) is 18.8.